The lowest BCUT2D eigenvalue weighted by molar-refractivity contribution is -0.137. The maximum absolute atomic E-state index is 12.4. The number of carbonyl (C=O) groups is 1. The molecule has 2 atom stereocenters. The Balaban J connectivity index is 1.53. The highest BCUT2D eigenvalue weighted by Crippen LogP contribution is 2.24. The summed E-state index contributed by atoms with van der Waals surface area (Å²) < 4.78 is 0. The number of amides is 1. The van der Waals surface area contributed by atoms with Crippen LogP contribution < -0.4 is 5.73 Å². The molecule has 5 nitrogen and oxygen atoms in total. The van der Waals surface area contributed by atoms with Crippen molar-refractivity contribution >= 4 is 17.2 Å². The van der Waals surface area contributed by atoms with Gasteiger partial charge in [-0.1, -0.05) is 37.3 Å². The minimum atomic E-state index is -0.112. The first kappa shape index (κ1) is 18.0. The minimum absolute atomic E-state index is 0.100. The molecule has 25 heavy (non-hydrogen) atoms. The van der Waals surface area contributed by atoms with Crippen LogP contribution in [0.5, 0.6) is 0 Å². The Hall–Kier alpha value is -1.76. The van der Waals surface area contributed by atoms with Crippen LogP contribution in [0.3, 0.4) is 0 Å². The summed E-state index contributed by atoms with van der Waals surface area (Å²) in [4.78, 5) is 21.5. The number of rotatable bonds is 5. The molecule has 0 aliphatic carbocycles. The van der Waals surface area contributed by atoms with Gasteiger partial charge in [0.2, 0.25) is 5.91 Å². The van der Waals surface area contributed by atoms with E-state index in [2.05, 4.69) is 22.4 Å². The Morgan fingerprint density at radius 2 is 1.88 bits per heavy atom. The maximum Gasteiger partial charge on any atom is 0.227 e. The molecule has 6 heteroatoms. The molecule has 0 radical (unpaired) electrons. The lowest BCUT2D eigenvalue weighted by atomic mass is 10.0. The topological polar surface area (TPSA) is 62.5 Å². The van der Waals surface area contributed by atoms with Crippen molar-refractivity contribution in [3.05, 3.63) is 41.4 Å². The number of carbonyl (C=O) groups excluding carboxylic acids is 1. The van der Waals surface area contributed by atoms with Gasteiger partial charge in [-0.25, -0.2) is 4.98 Å². The van der Waals surface area contributed by atoms with Crippen LogP contribution in [-0.4, -0.2) is 52.9 Å². The summed E-state index contributed by atoms with van der Waals surface area (Å²) in [5.74, 6) is 0.0631. The molecular weight excluding hydrogens is 332 g/mol. The van der Waals surface area contributed by atoms with E-state index < -0.39 is 0 Å². The van der Waals surface area contributed by atoms with Crippen LogP contribution in [0.25, 0.3) is 10.6 Å². The maximum atomic E-state index is 12.4. The first-order chi connectivity index (χ1) is 12.0. The quantitative estimate of drug-likeness (QED) is 0.892. The molecule has 1 fully saturated rings. The van der Waals surface area contributed by atoms with Crippen molar-refractivity contribution in [3.8, 4) is 10.6 Å². The Bertz CT molecular complexity index is 692. The molecule has 2 aromatic rings. The second kappa shape index (κ2) is 8.08. The highest BCUT2D eigenvalue weighted by molar-refractivity contribution is 7.13. The fraction of sp³-hybridized carbons (Fsp3) is 0.474. The minimum Gasteiger partial charge on any atom is -0.340 e. The second-order valence-electron chi connectivity index (χ2n) is 6.76. The third-order valence-electron chi connectivity index (χ3n) is 4.82. The van der Waals surface area contributed by atoms with Crippen molar-refractivity contribution in [2.45, 2.75) is 26.4 Å². The number of piperazine rings is 1. The number of thiazole rings is 1. The normalized spacial score (nSPS) is 18.1. The fourth-order valence-corrected chi connectivity index (χ4v) is 3.78. The van der Waals surface area contributed by atoms with E-state index >= 15 is 0 Å². The average molecular weight is 359 g/mol. The molecule has 134 valence electrons. The van der Waals surface area contributed by atoms with E-state index in [1.165, 1.54) is 5.56 Å². The number of hydrogen-bond donors (Lipinski definition) is 1. The van der Waals surface area contributed by atoms with Crippen molar-refractivity contribution in [1.29, 1.82) is 0 Å². The summed E-state index contributed by atoms with van der Waals surface area (Å²) in [6, 6.07) is 10.2. The average Bonchev–Trinajstić information content (AvgIpc) is 3.10. The zero-order valence-corrected chi connectivity index (χ0v) is 15.7. The monoisotopic (exact) mass is 358 g/mol. The van der Waals surface area contributed by atoms with Crippen LogP contribution in [0.1, 0.15) is 19.5 Å². The van der Waals surface area contributed by atoms with E-state index in [9.17, 15) is 4.79 Å². The first-order valence-corrected chi connectivity index (χ1v) is 9.69. The molecule has 0 bridgehead atoms. The highest BCUT2D eigenvalue weighted by Gasteiger charge is 2.26. The SMILES string of the molecule is CC(N)C(C)C(=O)N1CCN(Cc2csc(-c3ccccc3)n2)CC1. The largest absolute Gasteiger partial charge is 0.340 e. The van der Waals surface area contributed by atoms with E-state index in [-0.39, 0.29) is 17.9 Å². The Labute approximate surface area is 153 Å². The van der Waals surface area contributed by atoms with Crippen LogP contribution in [0.2, 0.25) is 0 Å². The lowest BCUT2D eigenvalue weighted by Crippen LogP contribution is -2.51. The number of aromatic nitrogens is 1. The molecule has 3 rings (SSSR count). The number of benzene rings is 1. The number of nitrogens with two attached hydrogens (primary N) is 1. The second-order valence-corrected chi connectivity index (χ2v) is 7.62. The van der Waals surface area contributed by atoms with Gasteiger partial charge in [0, 0.05) is 49.7 Å². The van der Waals surface area contributed by atoms with Gasteiger partial charge in [0.05, 0.1) is 11.6 Å². The van der Waals surface area contributed by atoms with Gasteiger partial charge in [0.1, 0.15) is 5.01 Å². The smallest absolute Gasteiger partial charge is 0.227 e. The summed E-state index contributed by atoms with van der Waals surface area (Å²) in [7, 11) is 0. The van der Waals surface area contributed by atoms with Gasteiger partial charge in [-0.05, 0) is 6.92 Å². The molecule has 1 aromatic carbocycles. The number of nitrogens with zero attached hydrogens (tertiary/aromatic N) is 3. The van der Waals surface area contributed by atoms with Crippen LogP contribution in [0.15, 0.2) is 35.7 Å². The van der Waals surface area contributed by atoms with Crippen molar-refractivity contribution in [2.75, 3.05) is 26.2 Å². The predicted octanol–water partition coefficient (Wildman–Crippen LogP) is 2.44. The van der Waals surface area contributed by atoms with Gasteiger partial charge in [-0.3, -0.25) is 9.69 Å². The van der Waals surface area contributed by atoms with Crippen LogP contribution in [0.4, 0.5) is 0 Å². The molecular formula is C19H26N4OS. The van der Waals surface area contributed by atoms with Crippen molar-refractivity contribution in [2.24, 2.45) is 11.7 Å². The van der Waals surface area contributed by atoms with E-state index in [1.54, 1.807) is 11.3 Å². The standard InChI is InChI=1S/C19H26N4OS/c1-14(15(2)20)19(24)23-10-8-22(9-11-23)12-17-13-25-18(21-17)16-6-4-3-5-7-16/h3-7,13-15H,8-12,20H2,1-2H3. The van der Waals surface area contributed by atoms with Gasteiger partial charge in [0.15, 0.2) is 0 Å². The van der Waals surface area contributed by atoms with Gasteiger partial charge in [-0.2, -0.15) is 0 Å². The molecule has 0 saturated carbocycles. The molecule has 1 saturated heterocycles. The molecule has 1 aliphatic rings. The lowest BCUT2D eigenvalue weighted by Gasteiger charge is -2.36. The van der Waals surface area contributed by atoms with Gasteiger partial charge < -0.3 is 10.6 Å². The Morgan fingerprint density at radius 3 is 2.52 bits per heavy atom. The molecule has 2 heterocycles. The van der Waals surface area contributed by atoms with Gasteiger partial charge in [-0.15, -0.1) is 11.3 Å². The third kappa shape index (κ3) is 4.45. The first-order valence-electron chi connectivity index (χ1n) is 8.81. The fourth-order valence-electron chi connectivity index (χ4n) is 2.96. The van der Waals surface area contributed by atoms with E-state index in [0.29, 0.717) is 0 Å². The summed E-state index contributed by atoms with van der Waals surface area (Å²) in [6.07, 6.45) is 0. The van der Waals surface area contributed by atoms with E-state index in [4.69, 9.17) is 10.7 Å². The molecule has 2 unspecified atom stereocenters. The van der Waals surface area contributed by atoms with Crippen molar-refractivity contribution < 1.29 is 4.79 Å². The van der Waals surface area contributed by atoms with Crippen LogP contribution in [-0.2, 0) is 11.3 Å². The summed E-state index contributed by atoms with van der Waals surface area (Å²) in [6.45, 7) is 7.96. The number of hydrogen-bond acceptors (Lipinski definition) is 5. The summed E-state index contributed by atoms with van der Waals surface area (Å²) in [5.41, 5.74) is 8.13. The zero-order chi connectivity index (χ0) is 17.8. The molecule has 1 amide bonds. The molecule has 0 spiro atoms. The molecule has 1 aromatic heterocycles. The third-order valence-corrected chi connectivity index (χ3v) is 5.76. The van der Waals surface area contributed by atoms with E-state index in [1.807, 2.05) is 36.9 Å². The van der Waals surface area contributed by atoms with E-state index in [0.717, 1.165) is 43.4 Å². The molecule has 2 N–H and O–H groups in total. The summed E-state index contributed by atoms with van der Waals surface area (Å²) in [5, 5.41) is 3.20. The van der Waals surface area contributed by atoms with Crippen molar-refractivity contribution in [1.82, 2.24) is 14.8 Å². The van der Waals surface area contributed by atoms with Gasteiger partial charge in [0.25, 0.3) is 0 Å². The van der Waals surface area contributed by atoms with Crippen LogP contribution >= 0.6 is 11.3 Å². The Kier molecular flexibility index (Phi) is 5.83. The van der Waals surface area contributed by atoms with Crippen LogP contribution in [0, 0.1) is 5.92 Å². The summed E-state index contributed by atoms with van der Waals surface area (Å²) >= 11 is 1.69. The highest BCUT2D eigenvalue weighted by atomic mass is 32.1. The van der Waals surface area contributed by atoms with Crippen molar-refractivity contribution in [3.63, 3.8) is 0 Å². The van der Waals surface area contributed by atoms with Gasteiger partial charge >= 0.3 is 0 Å². The predicted molar refractivity (Wildman–Crippen MR) is 102 cm³/mol. The zero-order valence-electron chi connectivity index (χ0n) is 14.9. The Morgan fingerprint density at radius 1 is 1.20 bits per heavy atom. The molecule has 1 aliphatic heterocycles.